The van der Waals surface area contributed by atoms with Gasteiger partial charge < -0.3 is 19.4 Å². The standard InChI is InChI=1S/C24H25F4N7O/c1-16-4-5-17(15-19(16)25)20-30-22(32-23(31-20)35-11-13-36-14-12-35)34-9-7-33(8-10-34)21-18(24(26,27)28)3-2-6-29-21/h2-6,15H,7-14H2,1H3. The highest BCUT2D eigenvalue weighted by Gasteiger charge is 2.36. The monoisotopic (exact) mass is 503 g/mol. The Morgan fingerprint density at radius 1 is 0.833 bits per heavy atom. The van der Waals surface area contributed by atoms with E-state index in [4.69, 9.17) is 4.74 Å². The Morgan fingerprint density at radius 2 is 1.47 bits per heavy atom. The number of benzene rings is 1. The van der Waals surface area contributed by atoms with Gasteiger partial charge in [0.2, 0.25) is 11.9 Å². The van der Waals surface area contributed by atoms with Crippen LogP contribution in [0.15, 0.2) is 36.5 Å². The summed E-state index contributed by atoms with van der Waals surface area (Å²) >= 11 is 0. The molecule has 0 atom stereocenters. The number of nitrogens with zero attached hydrogens (tertiary/aromatic N) is 7. The van der Waals surface area contributed by atoms with Crippen LogP contribution in [0.4, 0.5) is 35.3 Å². The number of piperazine rings is 1. The van der Waals surface area contributed by atoms with Crippen molar-refractivity contribution in [3.8, 4) is 11.4 Å². The van der Waals surface area contributed by atoms with Crippen LogP contribution in [-0.4, -0.2) is 72.4 Å². The molecule has 2 aliphatic rings. The van der Waals surface area contributed by atoms with Crippen molar-refractivity contribution in [2.24, 2.45) is 0 Å². The van der Waals surface area contributed by atoms with E-state index < -0.39 is 11.7 Å². The molecular formula is C24H25F4N7O. The number of morpholine rings is 1. The average Bonchev–Trinajstić information content (AvgIpc) is 2.90. The van der Waals surface area contributed by atoms with Gasteiger partial charge in [0.05, 0.1) is 18.8 Å². The quantitative estimate of drug-likeness (QED) is 0.501. The molecule has 8 nitrogen and oxygen atoms in total. The minimum atomic E-state index is -4.49. The van der Waals surface area contributed by atoms with Crippen LogP contribution in [0.2, 0.25) is 0 Å². The summed E-state index contributed by atoms with van der Waals surface area (Å²) in [7, 11) is 0. The fraction of sp³-hybridized carbons (Fsp3) is 0.417. The van der Waals surface area contributed by atoms with Crippen molar-refractivity contribution in [2.45, 2.75) is 13.1 Å². The van der Waals surface area contributed by atoms with Crippen LogP contribution >= 0.6 is 0 Å². The van der Waals surface area contributed by atoms with Gasteiger partial charge in [-0.3, -0.25) is 0 Å². The molecule has 0 N–H and O–H groups in total. The lowest BCUT2D eigenvalue weighted by Gasteiger charge is -2.36. The highest BCUT2D eigenvalue weighted by molar-refractivity contribution is 5.60. The van der Waals surface area contributed by atoms with Gasteiger partial charge in [0.1, 0.15) is 11.6 Å². The molecule has 2 saturated heterocycles. The van der Waals surface area contributed by atoms with Crippen molar-refractivity contribution in [1.82, 2.24) is 19.9 Å². The van der Waals surface area contributed by atoms with Gasteiger partial charge in [-0.25, -0.2) is 9.37 Å². The highest BCUT2D eigenvalue weighted by atomic mass is 19.4. The summed E-state index contributed by atoms with van der Waals surface area (Å²) in [5.41, 5.74) is 0.292. The molecule has 190 valence electrons. The van der Waals surface area contributed by atoms with Crippen LogP contribution in [0.1, 0.15) is 11.1 Å². The first-order chi connectivity index (χ1) is 17.3. The van der Waals surface area contributed by atoms with E-state index in [-0.39, 0.29) is 11.6 Å². The molecular weight excluding hydrogens is 478 g/mol. The number of ether oxygens (including phenoxy) is 1. The molecule has 0 aliphatic carbocycles. The molecule has 0 amide bonds. The first-order valence-corrected chi connectivity index (χ1v) is 11.7. The Kier molecular flexibility index (Phi) is 6.61. The molecule has 1 aromatic carbocycles. The number of aryl methyl sites for hydroxylation is 1. The third-order valence-electron chi connectivity index (χ3n) is 6.29. The van der Waals surface area contributed by atoms with Crippen molar-refractivity contribution in [1.29, 1.82) is 0 Å². The van der Waals surface area contributed by atoms with E-state index in [2.05, 4.69) is 19.9 Å². The first-order valence-electron chi connectivity index (χ1n) is 11.7. The van der Waals surface area contributed by atoms with Crippen molar-refractivity contribution < 1.29 is 22.3 Å². The van der Waals surface area contributed by atoms with Crippen LogP contribution in [0.5, 0.6) is 0 Å². The summed E-state index contributed by atoms with van der Waals surface area (Å²) in [5.74, 6) is 0.772. The molecule has 5 rings (SSSR count). The molecule has 12 heteroatoms. The summed E-state index contributed by atoms with van der Waals surface area (Å²) in [4.78, 5) is 23.4. The lowest BCUT2D eigenvalue weighted by Crippen LogP contribution is -2.48. The Labute approximate surface area is 205 Å². The van der Waals surface area contributed by atoms with Gasteiger partial charge in [-0.1, -0.05) is 12.1 Å². The number of alkyl halides is 3. The third-order valence-corrected chi connectivity index (χ3v) is 6.29. The molecule has 0 radical (unpaired) electrons. The summed E-state index contributed by atoms with van der Waals surface area (Å²) in [5, 5.41) is 0. The van der Waals surface area contributed by atoms with Gasteiger partial charge in [0, 0.05) is 51.0 Å². The minimum Gasteiger partial charge on any atom is -0.378 e. The van der Waals surface area contributed by atoms with Crippen LogP contribution in [0.3, 0.4) is 0 Å². The van der Waals surface area contributed by atoms with E-state index in [1.54, 1.807) is 24.0 Å². The van der Waals surface area contributed by atoms with Crippen molar-refractivity contribution in [3.63, 3.8) is 0 Å². The smallest absolute Gasteiger partial charge is 0.378 e. The van der Waals surface area contributed by atoms with Crippen molar-refractivity contribution >= 4 is 17.7 Å². The number of halogens is 4. The van der Waals surface area contributed by atoms with E-state index in [0.29, 0.717) is 81.3 Å². The van der Waals surface area contributed by atoms with E-state index >= 15 is 0 Å². The zero-order valence-electron chi connectivity index (χ0n) is 19.7. The maximum atomic E-state index is 14.3. The predicted octanol–water partition coefficient (Wildman–Crippen LogP) is 3.56. The largest absolute Gasteiger partial charge is 0.419 e. The lowest BCUT2D eigenvalue weighted by atomic mass is 10.1. The molecule has 0 spiro atoms. The van der Waals surface area contributed by atoms with E-state index in [0.717, 1.165) is 6.07 Å². The first kappa shape index (κ1) is 24.2. The van der Waals surface area contributed by atoms with Crippen LogP contribution in [0, 0.1) is 12.7 Å². The van der Waals surface area contributed by atoms with E-state index in [1.165, 1.54) is 18.3 Å². The molecule has 3 aromatic rings. The number of aromatic nitrogens is 4. The second-order valence-corrected chi connectivity index (χ2v) is 8.67. The SMILES string of the molecule is Cc1ccc(-c2nc(N3CCOCC3)nc(N3CCN(c4ncccc4C(F)(F)F)CC3)n2)cc1F. The van der Waals surface area contributed by atoms with E-state index in [1.807, 2.05) is 9.80 Å². The Hall–Kier alpha value is -3.54. The Morgan fingerprint density at radius 3 is 2.11 bits per heavy atom. The van der Waals surface area contributed by atoms with Crippen LogP contribution in [0.25, 0.3) is 11.4 Å². The minimum absolute atomic E-state index is 0.0786. The summed E-state index contributed by atoms with van der Waals surface area (Å²) in [6.45, 7) is 5.39. The van der Waals surface area contributed by atoms with Gasteiger partial charge in [-0.05, 0) is 30.7 Å². The number of anilines is 3. The fourth-order valence-electron chi connectivity index (χ4n) is 4.25. The van der Waals surface area contributed by atoms with Gasteiger partial charge in [0.15, 0.2) is 5.82 Å². The zero-order valence-corrected chi connectivity index (χ0v) is 19.7. The summed E-state index contributed by atoms with van der Waals surface area (Å²) in [6, 6.07) is 7.16. The number of rotatable bonds is 4. The lowest BCUT2D eigenvalue weighted by molar-refractivity contribution is -0.137. The number of hydrogen-bond donors (Lipinski definition) is 0. The van der Waals surface area contributed by atoms with Crippen LogP contribution < -0.4 is 14.7 Å². The predicted molar refractivity (Wildman–Crippen MR) is 127 cm³/mol. The molecule has 2 aromatic heterocycles. The second-order valence-electron chi connectivity index (χ2n) is 8.67. The fourth-order valence-corrected chi connectivity index (χ4v) is 4.25. The molecule has 2 aliphatic heterocycles. The number of pyridine rings is 1. The molecule has 4 heterocycles. The molecule has 0 saturated carbocycles. The third kappa shape index (κ3) is 5.03. The molecule has 0 unspecified atom stereocenters. The average molecular weight is 504 g/mol. The molecule has 0 bridgehead atoms. The zero-order chi connectivity index (χ0) is 25.3. The second kappa shape index (κ2) is 9.84. The van der Waals surface area contributed by atoms with Gasteiger partial charge in [-0.2, -0.15) is 28.1 Å². The van der Waals surface area contributed by atoms with Gasteiger partial charge in [-0.15, -0.1) is 0 Å². The Bertz CT molecular complexity index is 1230. The summed E-state index contributed by atoms with van der Waals surface area (Å²) in [6.07, 6.45) is -3.12. The van der Waals surface area contributed by atoms with Gasteiger partial charge >= 0.3 is 6.18 Å². The summed E-state index contributed by atoms with van der Waals surface area (Å²) < 4.78 is 60.2. The maximum absolute atomic E-state index is 14.3. The van der Waals surface area contributed by atoms with Crippen molar-refractivity contribution in [3.05, 3.63) is 53.5 Å². The highest BCUT2D eigenvalue weighted by Crippen LogP contribution is 2.35. The van der Waals surface area contributed by atoms with Crippen LogP contribution in [-0.2, 0) is 10.9 Å². The molecule has 2 fully saturated rings. The maximum Gasteiger partial charge on any atom is 0.419 e. The number of hydrogen-bond acceptors (Lipinski definition) is 8. The van der Waals surface area contributed by atoms with E-state index in [9.17, 15) is 17.6 Å². The topological polar surface area (TPSA) is 70.5 Å². The van der Waals surface area contributed by atoms with Gasteiger partial charge in [0.25, 0.3) is 0 Å². The Balaban J connectivity index is 1.43. The normalized spacial score (nSPS) is 17.0. The van der Waals surface area contributed by atoms with Crippen molar-refractivity contribution in [2.75, 3.05) is 67.2 Å². The molecule has 36 heavy (non-hydrogen) atoms.